The highest BCUT2D eigenvalue weighted by Crippen LogP contribution is 2.14. The van der Waals surface area contributed by atoms with Gasteiger partial charge in [-0.25, -0.2) is 0 Å². The summed E-state index contributed by atoms with van der Waals surface area (Å²) in [5, 5.41) is 5.71. The molecule has 2 rings (SSSR count). The number of carbonyl (C=O) groups excluding carboxylic acids is 1. The average molecular weight is 422 g/mol. The summed E-state index contributed by atoms with van der Waals surface area (Å²) in [6.07, 6.45) is 0. The van der Waals surface area contributed by atoms with Gasteiger partial charge in [-0.05, 0) is 67.7 Å². The van der Waals surface area contributed by atoms with Crippen LogP contribution in [0.2, 0.25) is 0 Å². The monoisotopic (exact) mass is 421 g/mol. The first-order chi connectivity index (χ1) is 13.5. The standard InChI is InChI=1S/C19H23N3O4S2/c1-3-25-12-13-26-16-8-4-14(5-9-16)18(23)22-19(27)21-15-6-10-17(11-7-15)28(24)20-2/h4-11,20H,3,12-13H2,1-2H3,(H2,21,22,23,27). The number of anilines is 1. The molecule has 0 fully saturated rings. The van der Waals surface area contributed by atoms with Gasteiger partial charge in [-0.2, -0.15) is 0 Å². The van der Waals surface area contributed by atoms with Gasteiger partial charge in [0.15, 0.2) is 10.0 Å². The molecule has 28 heavy (non-hydrogen) atoms. The zero-order chi connectivity index (χ0) is 20.4. The Morgan fingerprint density at radius 2 is 1.79 bits per heavy atom. The highest BCUT2D eigenvalue weighted by atomic mass is 32.2. The van der Waals surface area contributed by atoms with Crippen molar-refractivity contribution in [2.45, 2.75) is 11.8 Å². The van der Waals surface area contributed by atoms with Gasteiger partial charge < -0.3 is 19.3 Å². The van der Waals surface area contributed by atoms with Crippen molar-refractivity contribution in [2.75, 3.05) is 32.2 Å². The van der Waals surface area contributed by atoms with E-state index in [9.17, 15) is 9.35 Å². The first-order valence-corrected chi connectivity index (χ1v) is 10.2. The Labute approximate surface area is 173 Å². The predicted molar refractivity (Wildman–Crippen MR) is 114 cm³/mol. The highest BCUT2D eigenvalue weighted by Gasteiger charge is 2.10. The lowest BCUT2D eigenvalue weighted by atomic mass is 10.2. The van der Waals surface area contributed by atoms with Crippen LogP contribution >= 0.6 is 12.2 Å². The molecule has 0 heterocycles. The molecule has 0 saturated heterocycles. The number of benzene rings is 2. The molecule has 1 amide bonds. The van der Waals surface area contributed by atoms with E-state index in [4.69, 9.17) is 21.7 Å². The van der Waals surface area contributed by atoms with Crippen molar-refractivity contribution in [3.05, 3.63) is 54.1 Å². The number of ether oxygens (including phenoxy) is 2. The van der Waals surface area contributed by atoms with Crippen LogP contribution in [0.25, 0.3) is 0 Å². The van der Waals surface area contributed by atoms with Gasteiger partial charge in [-0.15, -0.1) is 4.72 Å². The van der Waals surface area contributed by atoms with Crippen molar-refractivity contribution in [2.24, 2.45) is 0 Å². The molecule has 0 radical (unpaired) electrons. The van der Waals surface area contributed by atoms with Gasteiger partial charge in [0, 0.05) is 24.9 Å². The first-order valence-electron chi connectivity index (χ1n) is 8.65. The van der Waals surface area contributed by atoms with E-state index in [-0.39, 0.29) is 11.0 Å². The molecule has 0 saturated carbocycles. The summed E-state index contributed by atoms with van der Waals surface area (Å²) in [5.74, 6) is 0.335. The van der Waals surface area contributed by atoms with Gasteiger partial charge in [0.1, 0.15) is 12.4 Å². The van der Waals surface area contributed by atoms with E-state index in [2.05, 4.69) is 15.4 Å². The fraction of sp³-hybridized carbons (Fsp3) is 0.263. The zero-order valence-electron chi connectivity index (χ0n) is 15.7. The summed E-state index contributed by atoms with van der Waals surface area (Å²) in [4.78, 5) is 12.9. The molecule has 150 valence electrons. The smallest absolute Gasteiger partial charge is 0.257 e. The van der Waals surface area contributed by atoms with Gasteiger partial charge >= 0.3 is 0 Å². The van der Waals surface area contributed by atoms with E-state index < -0.39 is 11.4 Å². The summed E-state index contributed by atoms with van der Waals surface area (Å²) in [5.41, 5.74) is 1.14. The molecule has 0 bridgehead atoms. The Hall–Kier alpha value is -2.17. The van der Waals surface area contributed by atoms with Crippen LogP contribution in [0.4, 0.5) is 5.69 Å². The maximum Gasteiger partial charge on any atom is 0.257 e. The highest BCUT2D eigenvalue weighted by molar-refractivity contribution is 7.89. The van der Waals surface area contributed by atoms with Gasteiger partial charge in [0.05, 0.1) is 18.0 Å². The predicted octanol–water partition coefficient (Wildman–Crippen LogP) is 2.47. The minimum Gasteiger partial charge on any atom is -0.593 e. The van der Waals surface area contributed by atoms with Crippen LogP contribution < -0.4 is 20.1 Å². The number of carbonyl (C=O) groups is 1. The molecule has 1 atom stereocenters. The Balaban J connectivity index is 1.83. The molecule has 0 aliphatic rings. The molecular formula is C19H23N3O4S2. The Morgan fingerprint density at radius 3 is 2.39 bits per heavy atom. The molecule has 7 nitrogen and oxygen atoms in total. The topological polar surface area (TPSA) is 94.7 Å². The van der Waals surface area contributed by atoms with Crippen LogP contribution in [-0.2, 0) is 16.1 Å². The van der Waals surface area contributed by atoms with Gasteiger partial charge in [0.25, 0.3) is 5.91 Å². The average Bonchev–Trinajstić information content (AvgIpc) is 2.71. The van der Waals surface area contributed by atoms with Crippen LogP contribution in [0, 0.1) is 0 Å². The van der Waals surface area contributed by atoms with Crippen molar-refractivity contribution in [1.29, 1.82) is 0 Å². The third-order valence-corrected chi connectivity index (χ3v) is 4.83. The van der Waals surface area contributed by atoms with Crippen LogP contribution in [0.1, 0.15) is 17.3 Å². The second kappa shape index (κ2) is 11.6. The number of amides is 1. The van der Waals surface area contributed by atoms with Gasteiger partial charge in [-0.3, -0.25) is 10.1 Å². The summed E-state index contributed by atoms with van der Waals surface area (Å²) in [7, 11) is 1.62. The van der Waals surface area contributed by atoms with Crippen LogP contribution in [0.15, 0.2) is 53.4 Å². The normalized spacial score (nSPS) is 11.5. The summed E-state index contributed by atoms with van der Waals surface area (Å²) < 4.78 is 25.0. The van der Waals surface area contributed by atoms with E-state index in [0.29, 0.717) is 41.7 Å². The lowest BCUT2D eigenvalue weighted by Crippen LogP contribution is -2.34. The molecule has 2 aromatic rings. The fourth-order valence-corrected chi connectivity index (χ4v) is 3.01. The molecule has 1 unspecified atom stereocenters. The lowest BCUT2D eigenvalue weighted by molar-refractivity contribution is 0.0977. The van der Waals surface area contributed by atoms with Gasteiger partial charge in [-0.1, -0.05) is 0 Å². The molecule has 9 heteroatoms. The van der Waals surface area contributed by atoms with Crippen LogP contribution in [0.5, 0.6) is 5.75 Å². The summed E-state index contributed by atoms with van der Waals surface area (Å²) in [6.45, 7) is 3.54. The summed E-state index contributed by atoms with van der Waals surface area (Å²) >= 11 is 3.92. The first kappa shape index (κ1) is 22.1. The molecular weight excluding hydrogens is 398 g/mol. The number of hydrogen-bond acceptors (Lipinski definition) is 6. The zero-order valence-corrected chi connectivity index (χ0v) is 17.3. The number of thiocarbonyl (C=S) groups is 1. The Morgan fingerprint density at radius 1 is 1.11 bits per heavy atom. The van der Waals surface area contributed by atoms with E-state index in [1.165, 1.54) is 0 Å². The number of hydrogen-bond donors (Lipinski definition) is 3. The third kappa shape index (κ3) is 7.10. The number of nitrogens with one attached hydrogen (secondary N) is 3. The maximum atomic E-state index is 12.3. The van der Waals surface area contributed by atoms with Crippen LogP contribution in [0.3, 0.4) is 0 Å². The lowest BCUT2D eigenvalue weighted by Gasteiger charge is -2.11. The van der Waals surface area contributed by atoms with Crippen LogP contribution in [-0.4, -0.2) is 42.4 Å². The van der Waals surface area contributed by atoms with Crippen molar-refractivity contribution in [3.8, 4) is 5.75 Å². The second-order valence-electron chi connectivity index (χ2n) is 5.48. The quantitative estimate of drug-likeness (QED) is 0.325. The molecule has 0 spiro atoms. The third-order valence-electron chi connectivity index (χ3n) is 3.56. The Kier molecular flexibility index (Phi) is 9.18. The second-order valence-corrected chi connectivity index (χ2v) is 7.30. The van der Waals surface area contributed by atoms with Crippen molar-refractivity contribution >= 4 is 40.3 Å². The fourth-order valence-electron chi connectivity index (χ4n) is 2.18. The van der Waals surface area contributed by atoms with E-state index in [0.717, 1.165) is 0 Å². The minimum absolute atomic E-state index is 0.171. The summed E-state index contributed by atoms with van der Waals surface area (Å²) in [6, 6.07) is 13.7. The molecule has 3 N–H and O–H groups in total. The molecule has 0 aliphatic carbocycles. The van der Waals surface area contributed by atoms with E-state index >= 15 is 0 Å². The maximum absolute atomic E-state index is 12.3. The molecule has 0 aromatic heterocycles. The van der Waals surface area contributed by atoms with Crippen molar-refractivity contribution < 1.29 is 18.8 Å². The largest absolute Gasteiger partial charge is 0.593 e. The minimum atomic E-state index is -1.25. The van der Waals surface area contributed by atoms with Crippen molar-refractivity contribution in [1.82, 2.24) is 10.0 Å². The molecule has 0 aliphatic heterocycles. The van der Waals surface area contributed by atoms with Crippen molar-refractivity contribution in [3.63, 3.8) is 0 Å². The van der Waals surface area contributed by atoms with E-state index in [1.54, 1.807) is 55.6 Å². The SMILES string of the molecule is CCOCCOc1ccc(C(=O)NC(=S)Nc2ccc([S+]([O-])NC)cc2)cc1. The Bertz CT molecular complexity index is 770. The molecule has 2 aromatic carbocycles. The number of rotatable bonds is 9. The van der Waals surface area contributed by atoms with E-state index in [1.807, 2.05) is 6.92 Å². The van der Waals surface area contributed by atoms with Gasteiger partial charge in [0.2, 0.25) is 0 Å².